The third kappa shape index (κ3) is 4.34. The van der Waals surface area contributed by atoms with Crippen molar-refractivity contribution >= 4 is 42.4 Å². The summed E-state index contributed by atoms with van der Waals surface area (Å²) in [6.07, 6.45) is 1.53. The molecule has 0 aliphatic rings. The van der Waals surface area contributed by atoms with Gasteiger partial charge in [-0.2, -0.15) is 0 Å². The minimum atomic E-state index is -3.68. The van der Waals surface area contributed by atoms with Gasteiger partial charge in [0.05, 0.1) is 5.69 Å². The molecule has 0 fully saturated rings. The third-order valence-corrected chi connectivity index (χ3v) is 5.23. The van der Waals surface area contributed by atoms with Crippen molar-refractivity contribution in [3.05, 3.63) is 22.7 Å². The molecule has 0 bridgehead atoms. The number of nitrogens with one attached hydrogen (secondary N) is 1. The van der Waals surface area contributed by atoms with Crippen LogP contribution in [0.25, 0.3) is 0 Å². The predicted molar refractivity (Wildman–Crippen MR) is 77.3 cm³/mol. The number of halogens is 1. The van der Waals surface area contributed by atoms with Gasteiger partial charge in [0.25, 0.3) is 0 Å². The van der Waals surface area contributed by atoms with Crippen LogP contribution >= 0.6 is 15.9 Å². The lowest BCUT2D eigenvalue weighted by molar-refractivity contribution is 0.570. The van der Waals surface area contributed by atoms with Gasteiger partial charge >= 0.3 is 0 Å². The van der Waals surface area contributed by atoms with Crippen molar-refractivity contribution in [1.82, 2.24) is 4.72 Å². The van der Waals surface area contributed by atoms with E-state index in [0.717, 1.165) is 0 Å². The summed E-state index contributed by atoms with van der Waals surface area (Å²) in [6.45, 7) is 1.66. The monoisotopic (exact) mass is 354 g/mol. The van der Waals surface area contributed by atoms with E-state index in [4.69, 9.17) is 5.73 Å². The lowest BCUT2D eigenvalue weighted by atomic mass is 10.3. The van der Waals surface area contributed by atoms with Crippen molar-refractivity contribution in [2.45, 2.75) is 17.9 Å². The van der Waals surface area contributed by atoms with Crippen LogP contribution in [0.5, 0.6) is 0 Å². The Morgan fingerprint density at radius 1 is 1.50 bits per heavy atom. The molecule has 0 saturated carbocycles. The van der Waals surface area contributed by atoms with Crippen molar-refractivity contribution < 1.29 is 12.6 Å². The first kappa shape index (κ1) is 15.6. The lowest BCUT2D eigenvalue weighted by Gasteiger charge is -2.14. The van der Waals surface area contributed by atoms with E-state index >= 15 is 0 Å². The minimum absolute atomic E-state index is 0.0273. The minimum Gasteiger partial charge on any atom is -0.398 e. The zero-order valence-corrected chi connectivity index (χ0v) is 13.2. The first-order chi connectivity index (χ1) is 8.22. The van der Waals surface area contributed by atoms with Crippen molar-refractivity contribution in [3.63, 3.8) is 0 Å². The molecule has 0 heterocycles. The van der Waals surface area contributed by atoms with Crippen molar-refractivity contribution in [2.24, 2.45) is 0 Å². The second-order valence-electron chi connectivity index (χ2n) is 3.94. The van der Waals surface area contributed by atoms with E-state index in [1.54, 1.807) is 13.0 Å². The number of sulfonamides is 1. The van der Waals surface area contributed by atoms with Gasteiger partial charge in [0.15, 0.2) is 0 Å². The largest absolute Gasteiger partial charge is 0.398 e. The van der Waals surface area contributed by atoms with E-state index in [0.29, 0.717) is 4.47 Å². The maximum atomic E-state index is 12.1. The second-order valence-corrected chi connectivity index (χ2v) is 8.02. The molecule has 8 heteroatoms. The molecule has 0 aromatic heterocycles. The van der Waals surface area contributed by atoms with Gasteiger partial charge < -0.3 is 5.73 Å². The normalized spacial score (nSPS) is 15.3. The van der Waals surface area contributed by atoms with Gasteiger partial charge in [-0.05, 0) is 25.1 Å². The number of nitrogen functional groups attached to an aromatic ring is 1. The summed E-state index contributed by atoms with van der Waals surface area (Å²) < 4.78 is 38.3. The summed E-state index contributed by atoms with van der Waals surface area (Å²) in [7, 11) is -4.74. The van der Waals surface area contributed by atoms with Crippen molar-refractivity contribution in [3.8, 4) is 0 Å². The summed E-state index contributed by atoms with van der Waals surface area (Å²) >= 11 is 3.21. The SMILES string of the molecule is CC(CS(C)=O)NS(=O)(=O)c1ccc(Br)cc1N. The summed E-state index contributed by atoms with van der Waals surface area (Å²) in [5, 5.41) is 0. The first-order valence-corrected chi connectivity index (χ1v) is 9.10. The fourth-order valence-electron chi connectivity index (χ4n) is 1.48. The molecule has 0 amide bonds. The number of anilines is 1. The van der Waals surface area contributed by atoms with Gasteiger partial charge in [0.1, 0.15) is 4.90 Å². The smallest absolute Gasteiger partial charge is 0.242 e. The number of hydrogen-bond donors (Lipinski definition) is 2. The molecule has 18 heavy (non-hydrogen) atoms. The van der Waals surface area contributed by atoms with E-state index in [1.807, 2.05) is 0 Å². The van der Waals surface area contributed by atoms with Gasteiger partial charge in [0, 0.05) is 33.3 Å². The highest BCUT2D eigenvalue weighted by atomic mass is 79.9. The van der Waals surface area contributed by atoms with Crippen LogP contribution in [0.3, 0.4) is 0 Å². The van der Waals surface area contributed by atoms with Crippen LogP contribution in [0.2, 0.25) is 0 Å². The fourth-order valence-corrected chi connectivity index (χ4v) is 4.11. The van der Waals surface area contributed by atoms with Crippen LogP contribution in [0.1, 0.15) is 6.92 Å². The molecule has 1 aromatic carbocycles. The molecule has 1 aromatic rings. The molecule has 5 nitrogen and oxygen atoms in total. The Hall–Kier alpha value is -0.440. The highest BCUT2D eigenvalue weighted by Gasteiger charge is 2.20. The molecule has 2 unspecified atom stereocenters. The molecule has 0 spiro atoms. The third-order valence-electron chi connectivity index (χ3n) is 2.10. The molecule has 0 aliphatic carbocycles. The first-order valence-electron chi connectivity index (χ1n) is 5.10. The van der Waals surface area contributed by atoms with Crippen molar-refractivity contribution in [1.29, 1.82) is 0 Å². The van der Waals surface area contributed by atoms with Crippen LogP contribution in [0, 0.1) is 0 Å². The second kappa shape index (κ2) is 6.14. The molecule has 3 N–H and O–H groups in total. The van der Waals surface area contributed by atoms with Crippen LogP contribution < -0.4 is 10.5 Å². The Bertz CT molecular complexity index is 560. The number of rotatable bonds is 5. The zero-order valence-electron chi connectivity index (χ0n) is 10.0. The standard InChI is InChI=1S/C10H15BrN2O3S2/c1-7(6-17(2)14)13-18(15,16)10-4-3-8(11)5-9(10)12/h3-5,7,13H,6,12H2,1-2H3. The number of hydrogen-bond acceptors (Lipinski definition) is 4. The maximum absolute atomic E-state index is 12.1. The van der Waals surface area contributed by atoms with E-state index in [1.165, 1.54) is 18.4 Å². The average molecular weight is 355 g/mol. The summed E-state index contributed by atoms with van der Waals surface area (Å²) in [5.41, 5.74) is 5.84. The molecule has 0 radical (unpaired) electrons. The number of nitrogens with two attached hydrogens (primary N) is 1. The average Bonchev–Trinajstić information content (AvgIpc) is 2.13. The quantitative estimate of drug-likeness (QED) is 0.774. The lowest BCUT2D eigenvalue weighted by Crippen LogP contribution is -2.36. The Kier molecular flexibility index (Phi) is 5.32. The Morgan fingerprint density at radius 3 is 2.61 bits per heavy atom. The van der Waals surface area contributed by atoms with E-state index < -0.39 is 26.9 Å². The van der Waals surface area contributed by atoms with E-state index in [9.17, 15) is 12.6 Å². The van der Waals surface area contributed by atoms with Crippen LogP contribution in [-0.4, -0.2) is 30.7 Å². The molecular formula is C10H15BrN2O3S2. The highest BCUT2D eigenvalue weighted by Crippen LogP contribution is 2.22. The molecule has 2 atom stereocenters. The fraction of sp³-hybridized carbons (Fsp3) is 0.400. The number of benzene rings is 1. The molecule has 1 rings (SSSR count). The Balaban J connectivity index is 2.96. The molecule has 0 aliphatic heterocycles. The topological polar surface area (TPSA) is 89.3 Å². The zero-order chi connectivity index (χ0) is 13.9. The highest BCUT2D eigenvalue weighted by molar-refractivity contribution is 9.10. The van der Waals surface area contributed by atoms with Crippen LogP contribution in [0.15, 0.2) is 27.6 Å². The van der Waals surface area contributed by atoms with Gasteiger partial charge in [-0.25, -0.2) is 13.1 Å². The van der Waals surface area contributed by atoms with Crippen LogP contribution in [-0.2, 0) is 20.8 Å². The molecule has 102 valence electrons. The Morgan fingerprint density at radius 2 is 2.11 bits per heavy atom. The van der Waals surface area contributed by atoms with Gasteiger partial charge in [-0.3, -0.25) is 4.21 Å². The van der Waals surface area contributed by atoms with E-state index in [-0.39, 0.29) is 16.3 Å². The Labute approximate surface area is 118 Å². The van der Waals surface area contributed by atoms with Crippen molar-refractivity contribution in [2.75, 3.05) is 17.7 Å². The van der Waals surface area contributed by atoms with Gasteiger partial charge in [0.2, 0.25) is 10.0 Å². The molecular weight excluding hydrogens is 340 g/mol. The van der Waals surface area contributed by atoms with Crippen LogP contribution in [0.4, 0.5) is 5.69 Å². The van der Waals surface area contributed by atoms with E-state index in [2.05, 4.69) is 20.7 Å². The molecule has 0 saturated heterocycles. The summed E-state index contributed by atoms with van der Waals surface area (Å²) in [5.74, 6) is 0.260. The van der Waals surface area contributed by atoms with Gasteiger partial charge in [-0.1, -0.05) is 15.9 Å². The maximum Gasteiger partial charge on any atom is 0.242 e. The summed E-state index contributed by atoms with van der Waals surface area (Å²) in [4.78, 5) is 0.0273. The van der Waals surface area contributed by atoms with Gasteiger partial charge in [-0.15, -0.1) is 0 Å². The summed E-state index contributed by atoms with van der Waals surface area (Å²) in [6, 6.07) is 4.14. The predicted octanol–water partition coefficient (Wildman–Crippen LogP) is 1.08.